The molecule has 2 aromatic carbocycles. The van der Waals surface area contributed by atoms with E-state index < -0.39 is 16.1 Å². The summed E-state index contributed by atoms with van der Waals surface area (Å²) in [5.74, 6) is 0. The van der Waals surface area contributed by atoms with Gasteiger partial charge < -0.3 is 10.2 Å². The Morgan fingerprint density at radius 3 is 2.11 bits per heavy atom. The van der Waals surface area contributed by atoms with E-state index in [1.165, 1.54) is 4.90 Å². The lowest BCUT2D eigenvalue weighted by Gasteiger charge is -2.24. The van der Waals surface area contributed by atoms with E-state index in [0.717, 1.165) is 11.1 Å². The third-order valence-electron chi connectivity index (χ3n) is 4.38. The van der Waals surface area contributed by atoms with Crippen molar-refractivity contribution in [2.45, 2.75) is 30.3 Å². The smallest absolute Gasteiger partial charge is 0.317 e. The van der Waals surface area contributed by atoms with Gasteiger partial charge in [0.25, 0.3) is 0 Å². The summed E-state index contributed by atoms with van der Waals surface area (Å²) < 4.78 is 28.4. The van der Waals surface area contributed by atoms with Crippen molar-refractivity contribution >= 4 is 16.1 Å². The fourth-order valence-corrected chi connectivity index (χ4v) is 3.87. The minimum Gasteiger partial charge on any atom is -0.332 e. The van der Waals surface area contributed by atoms with Crippen LogP contribution >= 0.6 is 0 Å². The second-order valence-electron chi connectivity index (χ2n) is 6.83. The van der Waals surface area contributed by atoms with Gasteiger partial charge in [0.15, 0.2) is 0 Å². The van der Waals surface area contributed by atoms with Crippen LogP contribution in [0.3, 0.4) is 0 Å². The zero-order chi connectivity index (χ0) is 20.7. The van der Waals surface area contributed by atoms with Gasteiger partial charge in [0.05, 0.1) is 10.9 Å². The fraction of sp³-hybridized carbons (Fsp3) is 0.286. The van der Waals surface area contributed by atoms with Crippen molar-refractivity contribution in [3.8, 4) is 0 Å². The molecule has 0 aliphatic carbocycles. The maximum Gasteiger partial charge on any atom is 0.317 e. The van der Waals surface area contributed by atoms with Gasteiger partial charge in [0, 0.05) is 20.1 Å². The summed E-state index contributed by atoms with van der Waals surface area (Å²) in [4.78, 5) is 13.5. The predicted molar refractivity (Wildman–Crippen MR) is 111 cm³/mol. The number of urea groups is 1. The minimum atomic E-state index is -3.70. The van der Waals surface area contributed by atoms with Crippen LogP contribution in [-0.4, -0.2) is 39.5 Å². The Balaban J connectivity index is 2.21. The van der Waals surface area contributed by atoms with Crippen LogP contribution < -0.4 is 10.0 Å². The highest BCUT2D eigenvalue weighted by atomic mass is 32.2. The first kappa shape index (κ1) is 21.7. The van der Waals surface area contributed by atoms with Crippen LogP contribution in [0.25, 0.3) is 0 Å². The van der Waals surface area contributed by atoms with Gasteiger partial charge in [-0.3, -0.25) is 0 Å². The zero-order valence-electron chi connectivity index (χ0n) is 16.4. The molecule has 2 N–H and O–H groups in total. The molecule has 2 rings (SSSR count). The lowest BCUT2D eigenvalue weighted by Crippen LogP contribution is -2.41. The number of amides is 2. The lowest BCUT2D eigenvalue weighted by atomic mass is 9.97. The normalized spacial score (nSPS) is 13.4. The van der Waals surface area contributed by atoms with Gasteiger partial charge >= 0.3 is 6.03 Å². The van der Waals surface area contributed by atoms with E-state index in [2.05, 4.69) is 16.6 Å². The van der Waals surface area contributed by atoms with Gasteiger partial charge in [0.2, 0.25) is 10.0 Å². The highest BCUT2D eigenvalue weighted by Gasteiger charge is 2.23. The van der Waals surface area contributed by atoms with E-state index >= 15 is 0 Å². The number of sulfonamides is 1. The monoisotopic (exact) mass is 401 g/mol. The molecule has 0 bridgehead atoms. The number of rotatable bonds is 8. The molecule has 0 saturated heterocycles. The number of hydrogen-bond acceptors (Lipinski definition) is 3. The second kappa shape index (κ2) is 9.52. The van der Waals surface area contributed by atoms with Crippen LogP contribution in [0.5, 0.6) is 0 Å². The molecule has 2 atom stereocenters. The first-order chi connectivity index (χ1) is 13.2. The van der Waals surface area contributed by atoms with Crippen molar-refractivity contribution in [2.24, 2.45) is 0 Å². The van der Waals surface area contributed by atoms with Crippen LogP contribution in [0, 0.1) is 0 Å². The van der Waals surface area contributed by atoms with E-state index in [1.807, 2.05) is 37.3 Å². The molecule has 6 nitrogen and oxygen atoms in total. The molecule has 0 heterocycles. The quantitative estimate of drug-likeness (QED) is 0.666. The van der Waals surface area contributed by atoms with Crippen LogP contribution in [0.4, 0.5) is 4.79 Å². The average Bonchev–Trinajstić information content (AvgIpc) is 2.68. The highest BCUT2D eigenvalue weighted by Crippen LogP contribution is 2.24. The summed E-state index contributed by atoms with van der Waals surface area (Å²) in [6, 6.07) is 16.5. The second-order valence-corrected chi connectivity index (χ2v) is 8.54. The molecular formula is C21H27N3O3S. The van der Waals surface area contributed by atoms with Crippen molar-refractivity contribution in [1.82, 2.24) is 14.9 Å². The van der Waals surface area contributed by atoms with Crippen LogP contribution in [0.1, 0.15) is 24.9 Å². The molecule has 2 aromatic rings. The molecule has 0 aliphatic rings. The molecule has 28 heavy (non-hydrogen) atoms. The van der Waals surface area contributed by atoms with Crippen molar-refractivity contribution in [3.63, 3.8) is 0 Å². The van der Waals surface area contributed by atoms with Gasteiger partial charge in [0.1, 0.15) is 0 Å². The third kappa shape index (κ3) is 5.94. The molecule has 0 spiro atoms. The van der Waals surface area contributed by atoms with E-state index in [4.69, 9.17) is 0 Å². The molecule has 0 fully saturated rings. The molecule has 0 radical (unpaired) electrons. The van der Waals surface area contributed by atoms with Gasteiger partial charge in [-0.2, -0.15) is 0 Å². The first-order valence-electron chi connectivity index (χ1n) is 8.98. The first-order valence-corrected chi connectivity index (χ1v) is 10.5. The van der Waals surface area contributed by atoms with E-state index in [9.17, 15) is 13.2 Å². The van der Waals surface area contributed by atoms with Crippen molar-refractivity contribution < 1.29 is 13.2 Å². The van der Waals surface area contributed by atoms with Crippen molar-refractivity contribution in [1.29, 1.82) is 0 Å². The van der Waals surface area contributed by atoms with Crippen molar-refractivity contribution in [3.05, 3.63) is 78.4 Å². The summed E-state index contributed by atoms with van der Waals surface area (Å²) in [5.41, 5.74) is 1.55. The number of nitrogens with one attached hydrogen (secondary N) is 2. The summed E-state index contributed by atoms with van der Waals surface area (Å²) in [6.45, 7) is 5.90. The maximum absolute atomic E-state index is 12.8. The van der Waals surface area contributed by atoms with E-state index in [-0.39, 0.29) is 17.0 Å². The van der Waals surface area contributed by atoms with Crippen LogP contribution in [0.15, 0.2) is 77.7 Å². The Morgan fingerprint density at radius 1 is 1.04 bits per heavy atom. The number of hydrogen-bond donors (Lipinski definition) is 2. The molecule has 0 aliphatic heterocycles. The summed E-state index contributed by atoms with van der Waals surface area (Å²) >= 11 is 0. The molecule has 0 unspecified atom stereocenters. The Bertz CT molecular complexity index is 897. The maximum atomic E-state index is 12.8. The van der Waals surface area contributed by atoms with Crippen molar-refractivity contribution in [2.75, 3.05) is 14.1 Å². The zero-order valence-corrected chi connectivity index (χ0v) is 17.2. The number of nitrogens with zero attached hydrogens (tertiary/aromatic N) is 1. The fourth-order valence-electron chi connectivity index (χ4n) is 2.62. The minimum absolute atomic E-state index is 0.204. The Labute approximate surface area is 167 Å². The summed E-state index contributed by atoms with van der Waals surface area (Å²) in [5, 5.41) is 2.84. The number of benzene rings is 2. The Kier molecular flexibility index (Phi) is 7.37. The SMILES string of the molecule is C=C(C[C@H](NS(=O)(=O)c1ccccc1)c1ccccc1)[C@@H](C)NC(=O)N(C)C. The van der Waals surface area contributed by atoms with Gasteiger partial charge in [-0.25, -0.2) is 17.9 Å². The molecule has 0 aromatic heterocycles. The van der Waals surface area contributed by atoms with Crippen LogP contribution in [0.2, 0.25) is 0 Å². The third-order valence-corrected chi connectivity index (χ3v) is 5.87. The van der Waals surface area contributed by atoms with E-state index in [0.29, 0.717) is 6.42 Å². The molecule has 0 saturated carbocycles. The Hall–Kier alpha value is -2.64. The summed E-state index contributed by atoms with van der Waals surface area (Å²) in [7, 11) is -0.386. The molecule has 150 valence electrons. The highest BCUT2D eigenvalue weighted by molar-refractivity contribution is 7.89. The molecular weight excluding hydrogens is 374 g/mol. The number of carbonyl (C=O) groups excluding carboxylic acids is 1. The van der Waals surface area contributed by atoms with Gasteiger partial charge in [-0.15, -0.1) is 0 Å². The standard InChI is InChI=1S/C21H27N3O3S/c1-16(17(2)22-21(25)24(3)4)15-20(18-11-7-5-8-12-18)23-28(26,27)19-13-9-6-10-14-19/h5-14,17,20,23H,1,15H2,2-4H3,(H,22,25)/t17-,20+/m1/s1. The molecule has 2 amide bonds. The Morgan fingerprint density at radius 2 is 1.57 bits per heavy atom. The largest absolute Gasteiger partial charge is 0.332 e. The number of carbonyl (C=O) groups is 1. The molecule has 7 heteroatoms. The van der Waals surface area contributed by atoms with E-state index in [1.54, 1.807) is 44.4 Å². The van der Waals surface area contributed by atoms with Crippen LogP contribution in [-0.2, 0) is 10.0 Å². The average molecular weight is 402 g/mol. The topological polar surface area (TPSA) is 78.5 Å². The lowest BCUT2D eigenvalue weighted by molar-refractivity contribution is 0.215. The van der Waals surface area contributed by atoms with Gasteiger partial charge in [-0.05, 0) is 31.0 Å². The predicted octanol–water partition coefficient (Wildman–Crippen LogP) is 3.31. The van der Waals surface area contributed by atoms with Gasteiger partial charge in [-0.1, -0.05) is 60.7 Å². The summed E-state index contributed by atoms with van der Waals surface area (Å²) in [6.07, 6.45) is 0.352.